The third-order valence-corrected chi connectivity index (χ3v) is 10.4. The predicted octanol–water partition coefficient (Wildman–Crippen LogP) is 10.3. The molecule has 9 rings (SSSR count). The second kappa shape index (κ2) is 10.4. The molecule has 4 nitrogen and oxygen atoms in total. The molecular formula is C40H28N4S. The maximum absolute atomic E-state index is 5.13. The minimum Gasteiger partial charge on any atom is -0.307 e. The number of para-hydroxylation sites is 2. The third kappa shape index (κ3) is 4.15. The van der Waals surface area contributed by atoms with Crippen molar-refractivity contribution in [1.29, 1.82) is 0 Å². The van der Waals surface area contributed by atoms with Gasteiger partial charge >= 0.3 is 0 Å². The zero-order valence-electron chi connectivity index (χ0n) is 24.6. The summed E-state index contributed by atoms with van der Waals surface area (Å²) in [6, 6.07) is 37.6. The van der Waals surface area contributed by atoms with E-state index in [0.29, 0.717) is 29.3 Å². The van der Waals surface area contributed by atoms with Crippen molar-refractivity contribution in [3.63, 3.8) is 0 Å². The quantitative estimate of drug-likeness (QED) is 0.203. The van der Waals surface area contributed by atoms with Crippen molar-refractivity contribution in [3.05, 3.63) is 150 Å². The van der Waals surface area contributed by atoms with E-state index in [4.69, 9.17) is 15.0 Å². The fourth-order valence-corrected chi connectivity index (χ4v) is 8.25. The lowest BCUT2D eigenvalue weighted by atomic mass is 9.78. The van der Waals surface area contributed by atoms with Gasteiger partial charge in [0.25, 0.3) is 0 Å². The minimum atomic E-state index is 0.409. The SMILES string of the molecule is CC1c2sc3c4cccc(-c5nc(-c6ccccc6)nc(-c6ccccc6)n5)c4n(-c4ccccc4)c3c2C=C2C=CC=CC21. The molecule has 0 saturated carbocycles. The maximum atomic E-state index is 5.13. The summed E-state index contributed by atoms with van der Waals surface area (Å²) in [7, 11) is 0. The molecule has 0 amide bonds. The van der Waals surface area contributed by atoms with Crippen molar-refractivity contribution >= 4 is 38.5 Å². The number of aromatic nitrogens is 4. The molecule has 0 spiro atoms. The second-order valence-corrected chi connectivity index (χ2v) is 12.7. The lowest BCUT2D eigenvalue weighted by Gasteiger charge is -2.28. The Morgan fingerprint density at radius 2 is 1.29 bits per heavy atom. The standard InChI is InChI=1S/C40H28N4S/c1-25-30-21-12-11-18-28(30)24-33-35-37(45-36(25)33)31-22-13-23-32(34(31)44(35)29-19-9-4-10-20-29)40-42-38(26-14-5-2-6-15-26)41-39(43-40)27-16-7-3-8-17-27/h2-25,30H,1H3. The normalized spacial score (nSPS) is 17.0. The zero-order valence-corrected chi connectivity index (χ0v) is 25.4. The summed E-state index contributed by atoms with van der Waals surface area (Å²) in [5.41, 5.74) is 9.10. The van der Waals surface area contributed by atoms with Gasteiger partial charge in [0, 0.05) is 50.0 Å². The van der Waals surface area contributed by atoms with Gasteiger partial charge in [0.15, 0.2) is 17.5 Å². The Labute approximate surface area is 265 Å². The van der Waals surface area contributed by atoms with Crippen LogP contribution in [-0.2, 0) is 0 Å². The average Bonchev–Trinajstić information content (AvgIpc) is 3.65. The van der Waals surface area contributed by atoms with Gasteiger partial charge in [-0.2, -0.15) is 0 Å². The summed E-state index contributed by atoms with van der Waals surface area (Å²) < 4.78 is 3.74. The fraction of sp³-hybridized carbons (Fsp3) is 0.0750. The average molecular weight is 597 g/mol. The van der Waals surface area contributed by atoms with Gasteiger partial charge in [0.1, 0.15) is 0 Å². The van der Waals surface area contributed by atoms with Gasteiger partial charge in [-0.1, -0.05) is 122 Å². The van der Waals surface area contributed by atoms with Crippen molar-refractivity contribution in [2.45, 2.75) is 12.8 Å². The van der Waals surface area contributed by atoms with Crippen LogP contribution in [-0.4, -0.2) is 19.5 Å². The zero-order chi connectivity index (χ0) is 29.9. The van der Waals surface area contributed by atoms with Gasteiger partial charge in [-0.3, -0.25) is 0 Å². The van der Waals surface area contributed by atoms with Crippen LogP contribution < -0.4 is 0 Å². The molecule has 45 heavy (non-hydrogen) atoms. The van der Waals surface area contributed by atoms with Crippen LogP contribution in [0.3, 0.4) is 0 Å². The first kappa shape index (κ1) is 26.1. The highest BCUT2D eigenvalue weighted by atomic mass is 32.1. The molecule has 0 radical (unpaired) electrons. The Balaban J connectivity index is 1.37. The van der Waals surface area contributed by atoms with E-state index in [9.17, 15) is 0 Å². The Bertz CT molecular complexity index is 2270. The Morgan fingerprint density at radius 1 is 0.644 bits per heavy atom. The van der Waals surface area contributed by atoms with Crippen LogP contribution in [0.5, 0.6) is 0 Å². The molecule has 7 aromatic rings. The first-order valence-electron chi connectivity index (χ1n) is 15.3. The monoisotopic (exact) mass is 596 g/mol. The van der Waals surface area contributed by atoms with Crippen LogP contribution in [0.2, 0.25) is 0 Å². The first-order chi connectivity index (χ1) is 22.2. The Morgan fingerprint density at radius 3 is 1.98 bits per heavy atom. The van der Waals surface area contributed by atoms with Crippen molar-refractivity contribution < 1.29 is 0 Å². The molecule has 2 aliphatic rings. The molecule has 2 atom stereocenters. The molecule has 0 aliphatic heterocycles. The van der Waals surface area contributed by atoms with E-state index in [1.807, 2.05) is 47.7 Å². The van der Waals surface area contributed by atoms with Crippen molar-refractivity contribution in [2.75, 3.05) is 0 Å². The number of thiophene rings is 1. The van der Waals surface area contributed by atoms with Crippen molar-refractivity contribution in [2.24, 2.45) is 5.92 Å². The molecule has 3 heterocycles. The lowest BCUT2D eigenvalue weighted by Crippen LogP contribution is -2.15. The van der Waals surface area contributed by atoms with Crippen LogP contribution in [0.1, 0.15) is 23.3 Å². The number of allylic oxidation sites excluding steroid dienone is 5. The lowest BCUT2D eigenvalue weighted by molar-refractivity contribution is 0.628. The van der Waals surface area contributed by atoms with Gasteiger partial charge in [0.05, 0.1) is 15.7 Å². The summed E-state index contributed by atoms with van der Waals surface area (Å²) in [5, 5.41) is 1.22. The molecular weight excluding hydrogens is 569 g/mol. The molecule has 0 fully saturated rings. The second-order valence-electron chi connectivity index (χ2n) is 11.7. The molecule has 0 saturated heterocycles. The molecule has 0 bridgehead atoms. The number of rotatable bonds is 4. The summed E-state index contributed by atoms with van der Waals surface area (Å²) in [5.74, 6) is 2.81. The first-order valence-corrected chi connectivity index (χ1v) is 16.2. The maximum Gasteiger partial charge on any atom is 0.166 e. The molecule has 2 unspecified atom stereocenters. The number of nitrogens with zero attached hydrogens (tertiary/aromatic N) is 4. The molecule has 3 aromatic heterocycles. The number of hydrogen-bond donors (Lipinski definition) is 0. The summed E-state index contributed by atoms with van der Waals surface area (Å²) in [6.07, 6.45) is 11.4. The molecule has 5 heteroatoms. The molecule has 0 N–H and O–H groups in total. The predicted molar refractivity (Wildman–Crippen MR) is 187 cm³/mol. The van der Waals surface area contributed by atoms with Crippen LogP contribution in [0, 0.1) is 5.92 Å². The highest BCUT2D eigenvalue weighted by molar-refractivity contribution is 7.20. The fourth-order valence-electron chi connectivity index (χ4n) is 6.86. The Kier molecular flexibility index (Phi) is 6.00. The summed E-state index contributed by atoms with van der Waals surface area (Å²) >= 11 is 1.94. The van der Waals surface area contributed by atoms with E-state index in [1.54, 1.807) is 0 Å². The van der Waals surface area contributed by atoms with E-state index >= 15 is 0 Å². The van der Waals surface area contributed by atoms with Gasteiger partial charge in [-0.05, 0) is 29.8 Å². The highest BCUT2D eigenvalue weighted by Gasteiger charge is 2.32. The van der Waals surface area contributed by atoms with Crippen LogP contribution in [0.25, 0.3) is 67.0 Å². The molecule has 2 aliphatic carbocycles. The van der Waals surface area contributed by atoms with Gasteiger partial charge in [-0.15, -0.1) is 11.3 Å². The number of fused-ring (bicyclic) bond motifs is 6. The van der Waals surface area contributed by atoms with Crippen LogP contribution >= 0.6 is 11.3 Å². The van der Waals surface area contributed by atoms with Gasteiger partial charge < -0.3 is 4.57 Å². The molecule has 214 valence electrons. The van der Waals surface area contributed by atoms with Crippen LogP contribution in [0.4, 0.5) is 0 Å². The topological polar surface area (TPSA) is 43.6 Å². The minimum absolute atomic E-state index is 0.409. The Hall–Kier alpha value is -5.39. The smallest absolute Gasteiger partial charge is 0.166 e. The largest absolute Gasteiger partial charge is 0.307 e. The van der Waals surface area contributed by atoms with Crippen LogP contribution in [0.15, 0.2) is 139 Å². The summed E-state index contributed by atoms with van der Waals surface area (Å²) in [6.45, 7) is 2.37. The van der Waals surface area contributed by atoms with E-state index in [-0.39, 0.29) is 0 Å². The van der Waals surface area contributed by atoms with E-state index in [1.165, 1.54) is 31.6 Å². The number of hydrogen-bond acceptors (Lipinski definition) is 4. The van der Waals surface area contributed by atoms with Gasteiger partial charge in [0.2, 0.25) is 0 Å². The van der Waals surface area contributed by atoms with Gasteiger partial charge in [-0.25, -0.2) is 15.0 Å². The highest BCUT2D eigenvalue weighted by Crippen LogP contribution is 2.51. The van der Waals surface area contributed by atoms with E-state index in [2.05, 4.69) is 115 Å². The van der Waals surface area contributed by atoms with Crippen molar-refractivity contribution in [3.8, 4) is 39.9 Å². The number of benzene rings is 4. The summed E-state index contributed by atoms with van der Waals surface area (Å²) in [4.78, 5) is 16.7. The molecule has 4 aromatic carbocycles. The third-order valence-electron chi connectivity index (χ3n) is 9.00. The van der Waals surface area contributed by atoms with E-state index in [0.717, 1.165) is 27.9 Å². The van der Waals surface area contributed by atoms with E-state index < -0.39 is 0 Å². The van der Waals surface area contributed by atoms with Crippen molar-refractivity contribution in [1.82, 2.24) is 19.5 Å².